The van der Waals surface area contributed by atoms with Crippen LogP contribution in [0.3, 0.4) is 0 Å². The number of aromatic nitrogens is 1. The molecule has 0 saturated carbocycles. The summed E-state index contributed by atoms with van der Waals surface area (Å²) in [7, 11) is 0. The van der Waals surface area contributed by atoms with Gasteiger partial charge in [-0.2, -0.15) is 0 Å². The first-order valence-corrected chi connectivity index (χ1v) is 10.5. The standard InChI is InChI=1S/C25H21N3O6/c1-15(2)34-19-11-9-16(10-12-19)23(29)21-22(17-6-5-7-18(14-17)28(32)33)27(25(31)24(21)30)20-8-3-4-13-26-20/h3-15,22,29H,1-2H3. The Morgan fingerprint density at radius 3 is 2.44 bits per heavy atom. The summed E-state index contributed by atoms with van der Waals surface area (Å²) < 4.78 is 5.61. The Hall–Kier alpha value is -4.53. The molecule has 172 valence electrons. The van der Waals surface area contributed by atoms with Gasteiger partial charge in [0.05, 0.1) is 22.6 Å². The highest BCUT2D eigenvalue weighted by Gasteiger charge is 2.47. The number of carbonyl (C=O) groups is 2. The number of ether oxygens (including phenoxy) is 1. The Bertz CT molecular complexity index is 1290. The predicted molar refractivity (Wildman–Crippen MR) is 124 cm³/mol. The Kier molecular flexibility index (Phi) is 6.09. The minimum absolute atomic E-state index is 0.0444. The van der Waals surface area contributed by atoms with Gasteiger partial charge in [0.25, 0.3) is 11.5 Å². The van der Waals surface area contributed by atoms with Crippen molar-refractivity contribution in [2.24, 2.45) is 0 Å². The van der Waals surface area contributed by atoms with Gasteiger partial charge in [0.1, 0.15) is 17.3 Å². The molecule has 34 heavy (non-hydrogen) atoms. The van der Waals surface area contributed by atoms with Crippen molar-refractivity contribution in [3.63, 3.8) is 0 Å². The lowest BCUT2D eigenvalue weighted by atomic mass is 9.95. The zero-order chi connectivity index (χ0) is 24.4. The molecule has 2 heterocycles. The molecule has 1 amide bonds. The summed E-state index contributed by atoms with van der Waals surface area (Å²) in [4.78, 5) is 42.3. The van der Waals surface area contributed by atoms with Crippen molar-refractivity contribution >= 4 is 29.0 Å². The number of pyridine rings is 1. The number of nitro groups is 1. The van der Waals surface area contributed by atoms with Gasteiger partial charge < -0.3 is 9.84 Å². The third-order valence-electron chi connectivity index (χ3n) is 5.24. The lowest BCUT2D eigenvalue weighted by Crippen LogP contribution is -2.30. The molecule has 1 fully saturated rings. The van der Waals surface area contributed by atoms with Crippen LogP contribution in [-0.2, 0) is 9.59 Å². The SMILES string of the molecule is CC(C)Oc1ccc(C(O)=C2C(=O)C(=O)N(c3ccccn3)C2c2cccc([N+](=O)[O-])c2)cc1. The highest BCUT2D eigenvalue weighted by molar-refractivity contribution is 6.51. The first-order chi connectivity index (χ1) is 16.3. The molecule has 1 saturated heterocycles. The molecule has 1 unspecified atom stereocenters. The topological polar surface area (TPSA) is 123 Å². The van der Waals surface area contributed by atoms with E-state index in [1.54, 1.807) is 48.5 Å². The Morgan fingerprint density at radius 1 is 1.09 bits per heavy atom. The highest BCUT2D eigenvalue weighted by atomic mass is 16.6. The van der Waals surface area contributed by atoms with Crippen molar-refractivity contribution < 1.29 is 24.4 Å². The summed E-state index contributed by atoms with van der Waals surface area (Å²) in [5.74, 6) is -1.44. The average molecular weight is 459 g/mol. The molecule has 3 aromatic rings. The fraction of sp³-hybridized carbons (Fsp3) is 0.160. The number of aliphatic hydroxyl groups is 1. The number of anilines is 1. The second-order valence-electron chi connectivity index (χ2n) is 7.90. The molecule has 1 aliphatic heterocycles. The molecule has 0 bridgehead atoms. The first-order valence-electron chi connectivity index (χ1n) is 10.5. The smallest absolute Gasteiger partial charge is 0.301 e. The van der Waals surface area contributed by atoms with Gasteiger partial charge in [0.2, 0.25) is 0 Å². The van der Waals surface area contributed by atoms with Crippen molar-refractivity contribution in [1.82, 2.24) is 4.98 Å². The van der Waals surface area contributed by atoms with Gasteiger partial charge in [-0.1, -0.05) is 18.2 Å². The first kappa shape index (κ1) is 22.7. The normalized spacial score (nSPS) is 17.3. The van der Waals surface area contributed by atoms with Gasteiger partial charge >= 0.3 is 5.91 Å². The molecule has 9 heteroatoms. The maximum atomic E-state index is 13.1. The fourth-order valence-corrected chi connectivity index (χ4v) is 3.81. The Labute approximate surface area is 195 Å². The van der Waals surface area contributed by atoms with E-state index in [9.17, 15) is 24.8 Å². The number of aliphatic hydroxyl groups excluding tert-OH is 1. The third kappa shape index (κ3) is 4.23. The molecule has 1 N–H and O–H groups in total. The molecule has 1 aromatic heterocycles. The van der Waals surface area contributed by atoms with Crippen LogP contribution in [0.15, 0.2) is 78.5 Å². The van der Waals surface area contributed by atoms with E-state index in [4.69, 9.17) is 4.74 Å². The van der Waals surface area contributed by atoms with Crippen molar-refractivity contribution in [3.8, 4) is 5.75 Å². The van der Waals surface area contributed by atoms with E-state index in [1.807, 2.05) is 13.8 Å². The summed E-state index contributed by atoms with van der Waals surface area (Å²) in [5, 5.41) is 22.5. The number of ketones is 1. The van der Waals surface area contributed by atoms with Gasteiger partial charge in [0, 0.05) is 23.9 Å². The van der Waals surface area contributed by atoms with E-state index in [2.05, 4.69) is 4.98 Å². The number of carbonyl (C=O) groups excluding carboxylic acids is 2. The zero-order valence-electron chi connectivity index (χ0n) is 18.4. The van der Waals surface area contributed by atoms with Crippen molar-refractivity contribution in [2.45, 2.75) is 26.0 Å². The van der Waals surface area contributed by atoms with Crippen LogP contribution in [0.25, 0.3) is 5.76 Å². The monoisotopic (exact) mass is 459 g/mol. The third-order valence-corrected chi connectivity index (χ3v) is 5.24. The van der Waals surface area contributed by atoms with Crippen LogP contribution in [0.5, 0.6) is 5.75 Å². The second-order valence-corrected chi connectivity index (χ2v) is 7.90. The van der Waals surface area contributed by atoms with Gasteiger partial charge in [-0.05, 0) is 55.8 Å². The molecular weight excluding hydrogens is 438 g/mol. The summed E-state index contributed by atoms with van der Waals surface area (Å²) in [5.41, 5.74) is 0.193. The number of Topliss-reactive ketones (excluding diaryl/α,β-unsaturated/α-hetero) is 1. The molecule has 0 spiro atoms. The number of amides is 1. The number of rotatable bonds is 6. The van der Waals surface area contributed by atoms with Crippen LogP contribution in [0.2, 0.25) is 0 Å². The zero-order valence-corrected chi connectivity index (χ0v) is 18.4. The minimum atomic E-state index is -1.11. The quantitative estimate of drug-likeness (QED) is 0.190. The van der Waals surface area contributed by atoms with Gasteiger partial charge in [-0.15, -0.1) is 0 Å². The molecule has 9 nitrogen and oxygen atoms in total. The largest absolute Gasteiger partial charge is 0.507 e. The van der Waals surface area contributed by atoms with Gasteiger partial charge in [0.15, 0.2) is 0 Å². The number of nitro benzene ring substituents is 1. The molecule has 4 rings (SSSR count). The summed E-state index contributed by atoms with van der Waals surface area (Å²) in [6.45, 7) is 3.76. The molecule has 0 radical (unpaired) electrons. The number of non-ortho nitro benzene ring substituents is 1. The second kappa shape index (κ2) is 9.14. The lowest BCUT2D eigenvalue weighted by Gasteiger charge is -2.24. The van der Waals surface area contributed by atoms with Crippen LogP contribution >= 0.6 is 0 Å². The summed E-state index contributed by atoms with van der Waals surface area (Å²) in [6, 6.07) is 15.8. The number of hydrogen-bond donors (Lipinski definition) is 1. The number of benzene rings is 2. The van der Waals surface area contributed by atoms with E-state index in [0.29, 0.717) is 16.9 Å². The van der Waals surface area contributed by atoms with Crippen molar-refractivity contribution in [2.75, 3.05) is 4.90 Å². The van der Waals surface area contributed by atoms with Crippen LogP contribution in [0.4, 0.5) is 11.5 Å². The van der Waals surface area contributed by atoms with E-state index in [-0.39, 0.29) is 23.2 Å². The number of hydrogen-bond acceptors (Lipinski definition) is 7. The van der Waals surface area contributed by atoms with Crippen molar-refractivity contribution in [1.29, 1.82) is 0 Å². The van der Waals surface area contributed by atoms with E-state index in [1.165, 1.54) is 24.4 Å². The van der Waals surface area contributed by atoms with E-state index in [0.717, 1.165) is 4.90 Å². The Balaban J connectivity index is 1.89. The van der Waals surface area contributed by atoms with E-state index >= 15 is 0 Å². The van der Waals surface area contributed by atoms with Crippen LogP contribution in [-0.4, -0.2) is 32.8 Å². The van der Waals surface area contributed by atoms with Gasteiger partial charge in [-0.3, -0.25) is 24.6 Å². The van der Waals surface area contributed by atoms with Crippen LogP contribution in [0, 0.1) is 10.1 Å². The molecule has 1 aliphatic rings. The van der Waals surface area contributed by atoms with Gasteiger partial charge in [-0.25, -0.2) is 4.98 Å². The maximum absolute atomic E-state index is 13.1. The lowest BCUT2D eigenvalue weighted by molar-refractivity contribution is -0.384. The maximum Gasteiger partial charge on any atom is 0.301 e. The minimum Gasteiger partial charge on any atom is -0.507 e. The highest BCUT2D eigenvalue weighted by Crippen LogP contribution is 2.42. The molecular formula is C25H21N3O6. The average Bonchev–Trinajstić information content (AvgIpc) is 3.10. The predicted octanol–water partition coefficient (Wildman–Crippen LogP) is 4.40. The molecule has 1 atom stereocenters. The van der Waals surface area contributed by atoms with Crippen LogP contribution < -0.4 is 9.64 Å². The van der Waals surface area contributed by atoms with Crippen molar-refractivity contribution in [3.05, 3.63) is 99.7 Å². The summed E-state index contributed by atoms with van der Waals surface area (Å²) in [6.07, 6.45) is 1.42. The summed E-state index contributed by atoms with van der Waals surface area (Å²) >= 11 is 0. The fourth-order valence-electron chi connectivity index (χ4n) is 3.81. The Morgan fingerprint density at radius 2 is 1.82 bits per heavy atom. The molecule has 0 aliphatic carbocycles. The van der Waals surface area contributed by atoms with Crippen LogP contribution in [0.1, 0.15) is 31.0 Å². The van der Waals surface area contributed by atoms with E-state index < -0.39 is 28.4 Å². The number of nitrogens with zero attached hydrogens (tertiary/aromatic N) is 3. The molecule has 2 aromatic carbocycles.